The number of ether oxygens (including phenoxy) is 2. The molecule has 2 aromatic rings. The van der Waals surface area contributed by atoms with E-state index in [1.54, 1.807) is 24.8 Å². The van der Waals surface area contributed by atoms with Crippen molar-refractivity contribution in [2.24, 2.45) is 0 Å². The van der Waals surface area contributed by atoms with E-state index in [9.17, 15) is 4.79 Å². The zero-order chi connectivity index (χ0) is 20.6. The molecular weight excluding hydrogens is 384 g/mol. The average molecular weight is 412 g/mol. The normalized spacial score (nSPS) is 20.7. The lowest BCUT2D eigenvalue weighted by atomic mass is 10.2. The molecule has 0 unspecified atom stereocenters. The Labute approximate surface area is 176 Å². The molecule has 0 bridgehead atoms. The van der Waals surface area contributed by atoms with Crippen LogP contribution in [0.5, 0.6) is 11.5 Å². The smallest absolute Gasteiger partial charge is 0.315 e. The lowest BCUT2D eigenvalue weighted by Crippen LogP contribution is -2.35. The first-order valence-electron chi connectivity index (χ1n) is 10.4. The maximum atomic E-state index is 12.3. The Bertz CT molecular complexity index is 769. The zero-order valence-corrected chi connectivity index (χ0v) is 16.9. The van der Waals surface area contributed by atoms with Crippen molar-refractivity contribution in [1.29, 1.82) is 0 Å². The summed E-state index contributed by atoms with van der Waals surface area (Å²) in [4.78, 5) is 20.6. The van der Waals surface area contributed by atoms with Gasteiger partial charge in [0.1, 0.15) is 23.7 Å². The fraction of sp³-hybridized carbons (Fsp3) is 0.476. The fourth-order valence-corrected chi connectivity index (χ4v) is 3.55. The summed E-state index contributed by atoms with van der Waals surface area (Å²) in [5, 5.41) is 12.3. The van der Waals surface area contributed by atoms with E-state index in [0.717, 1.165) is 50.1 Å². The Balaban J connectivity index is 1.28. The maximum absolute atomic E-state index is 12.3. The molecule has 4 heterocycles. The molecule has 30 heavy (non-hydrogen) atoms. The van der Waals surface area contributed by atoms with Gasteiger partial charge in [0.15, 0.2) is 0 Å². The van der Waals surface area contributed by atoms with Gasteiger partial charge >= 0.3 is 6.03 Å². The van der Waals surface area contributed by atoms with E-state index in [0.29, 0.717) is 24.6 Å². The van der Waals surface area contributed by atoms with Crippen molar-refractivity contribution in [3.05, 3.63) is 48.0 Å². The number of nitrogens with one attached hydrogen (secondary N) is 4. The van der Waals surface area contributed by atoms with Crippen molar-refractivity contribution < 1.29 is 14.3 Å². The van der Waals surface area contributed by atoms with Crippen LogP contribution in [0.25, 0.3) is 0 Å². The molecule has 4 rings (SSSR count). The third kappa shape index (κ3) is 5.58. The van der Waals surface area contributed by atoms with Gasteiger partial charge in [-0.3, -0.25) is 9.97 Å². The lowest BCUT2D eigenvalue weighted by Gasteiger charge is -2.17. The van der Waals surface area contributed by atoms with Crippen LogP contribution in [-0.2, 0) is 13.1 Å². The van der Waals surface area contributed by atoms with Crippen LogP contribution in [0, 0.1) is 0 Å². The molecule has 0 radical (unpaired) electrons. The number of hydrogen-bond acceptors (Lipinski definition) is 7. The van der Waals surface area contributed by atoms with E-state index in [-0.39, 0.29) is 18.2 Å². The second-order valence-electron chi connectivity index (χ2n) is 7.47. The number of carbonyl (C=O) groups excluding carboxylic acids is 1. The van der Waals surface area contributed by atoms with Crippen molar-refractivity contribution in [2.75, 3.05) is 26.2 Å². The highest BCUT2D eigenvalue weighted by Gasteiger charge is 2.19. The number of carbonyl (C=O) groups is 1. The first-order valence-corrected chi connectivity index (χ1v) is 10.4. The number of hydrogen-bond donors (Lipinski definition) is 4. The Morgan fingerprint density at radius 2 is 1.40 bits per heavy atom. The maximum Gasteiger partial charge on any atom is 0.315 e. The van der Waals surface area contributed by atoms with E-state index in [2.05, 4.69) is 31.2 Å². The summed E-state index contributed by atoms with van der Waals surface area (Å²) in [6.45, 7) is 4.29. The van der Waals surface area contributed by atoms with Crippen molar-refractivity contribution in [2.45, 2.75) is 38.1 Å². The van der Waals surface area contributed by atoms with E-state index in [4.69, 9.17) is 9.47 Å². The first-order chi connectivity index (χ1) is 14.8. The summed E-state index contributed by atoms with van der Waals surface area (Å²) in [7, 11) is 0. The van der Waals surface area contributed by atoms with E-state index in [1.807, 2.05) is 12.1 Å². The molecule has 2 amide bonds. The van der Waals surface area contributed by atoms with Crippen molar-refractivity contribution in [1.82, 2.24) is 31.2 Å². The molecule has 0 aliphatic carbocycles. The van der Waals surface area contributed by atoms with Crippen LogP contribution < -0.4 is 30.7 Å². The minimum Gasteiger partial charge on any atom is -0.487 e. The Kier molecular flexibility index (Phi) is 6.94. The molecule has 2 aliphatic rings. The monoisotopic (exact) mass is 412 g/mol. The van der Waals surface area contributed by atoms with Crippen molar-refractivity contribution in [3.8, 4) is 11.5 Å². The SMILES string of the molecule is O=C(NCc1ccncc1O[C@H]1CCNC1)NCc1ccncc1O[C@H]1CCNC1. The number of aromatic nitrogens is 2. The minimum atomic E-state index is -0.259. The first kappa shape index (κ1) is 20.4. The number of rotatable bonds is 8. The molecule has 2 saturated heterocycles. The van der Waals surface area contributed by atoms with Gasteiger partial charge in [-0.05, 0) is 38.1 Å². The molecule has 2 atom stereocenters. The van der Waals surface area contributed by atoms with Crippen molar-refractivity contribution in [3.63, 3.8) is 0 Å². The molecule has 0 aromatic carbocycles. The minimum absolute atomic E-state index is 0.141. The van der Waals surface area contributed by atoms with Gasteiger partial charge in [-0.25, -0.2) is 4.79 Å². The summed E-state index contributed by atoms with van der Waals surface area (Å²) in [5.41, 5.74) is 1.79. The second kappa shape index (κ2) is 10.2. The number of pyridine rings is 2. The van der Waals surface area contributed by atoms with E-state index < -0.39 is 0 Å². The van der Waals surface area contributed by atoms with E-state index >= 15 is 0 Å². The molecule has 2 aromatic heterocycles. The van der Waals surface area contributed by atoms with Gasteiger partial charge in [0.2, 0.25) is 0 Å². The third-order valence-electron chi connectivity index (χ3n) is 5.24. The van der Waals surface area contributed by atoms with Crippen LogP contribution in [0.2, 0.25) is 0 Å². The zero-order valence-electron chi connectivity index (χ0n) is 16.9. The lowest BCUT2D eigenvalue weighted by molar-refractivity contribution is 0.218. The van der Waals surface area contributed by atoms with Gasteiger partial charge in [0.05, 0.1) is 12.4 Å². The molecular formula is C21H28N6O3. The third-order valence-corrected chi connectivity index (χ3v) is 5.24. The van der Waals surface area contributed by atoms with Gasteiger partial charge in [-0.1, -0.05) is 0 Å². The number of amides is 2. The molecule has 4 N–H and O–H groups in total. The largest absolute Gasteiger partial charge is 0.487 e. The second-order valence-corrected chi connectivity index (χ2v) is 7.47. The highest BCUT2D eigenvalue weighted by Crippen LogP contribution is 2.21. The predicted molar refractivity (Wildman–Crippen MR) is 111 cm³/mol. The number of urea groups is 1. The predicted octanol–water partition coefficient (Wildman–Crippen LogP) is 0.957. The summed E-state index contributed by atoms with van der Waals surface area (Å²) in [6, 6.07) is 3.47. The quantitative estimate of drug-likeness (QED) is 0.511. The van der Waals surface area contributed by atoms with Gasteiger partial charge in [0.25, 0.3) is 0 Å². The van der Waals surface area contributed by atoms with Crippen LogP contribution in [0.1, 0.15) is 24.0 Å². The van der Waals surface area contributed by atoms with Crippen LogP contribution in [0.3, 0.4) is 0 Å². The number of nitrogens with zero attached hydrogens (tertiary/aromatic N) is 2. The molecule has 2 fully saturated rings. The highest BCUT2D eigenvalue weighted by molar-refractivity contribution is 5.74. The van der Waals surface area contributed by atoms with E-state index in [1.165, 1.54) is 0 Å². The summed E-state index contributed by atoms with van der Waals surface area (Å²) >= 11 is 0. The van der Waals surface area contributed by atoms with Crippen LogP contribution in [0.4, 0.5) is 4.79 Å². The Morgan fingerprint density at radius 3 is 1.83 bits per heavy atom. The molecule has 9 heteroatoms. The Hall–Kier alpha value is -2.91. The van der Waals surface area contributed by atoms with Crippen molar-refractivity contribution >= 4 is 6.03 Å². The molecule has 9 nitrogen and oxygen atoms in total. The van der Waals surface area contributed by atoms with Crippen LogP contribution in [-0.4, -0.2) is 54.4 Å². The van der Waals surface area contributed by atoms with Crippen LogP contribution >= 0.6 is 0 Å². The van der Waals surface area contributed by atoms with Gasteiger partial charge < -0.3 is 30.7 Å². The topological polar surface area (TPSA) is 109 Å². The summed E-state index contributed by atoms with van der Waals surface area (Å²) in [5.74, 6) is 1.42. The van der Waals surface area contributed by atoms with Gasteiger partial charge in [-0.2, -0.15) is 0 Å². The van der Waals surface area contributed by atoms with Gasteiger partial charge in [-0.15, -0.1) is 0 Å². The fourth-order valence-electron chi connectivity index (χ4n) is 3.55. The molecule has 0 saturated carbocycles. The molecule has 0 spiro atoms. The highest BCUT2D eigenvalue weighted by atomic mass is 16.5. The standard InChI is InChI=1S/C21H28N6O3/c28-21(26-9-15-1-5-24-13-19(15)29-17-3-7-22-11-17)27-10-16-2-6-25-14-20(16)30-18-4-8-23-12-18/h1-2,5-6,13-14,17-18,22-23H,3-4,7-12H2,(H2,26,27,28)/t17-,18-/m0/s1. The summed E-state index contributed by atoms with van der Waals surface area (Å²) < 4.78 is 12.0. The molecule has 160 valence electrons. The van der Waals surface area contributed by atoms with Crippen LogP contribution in [0.15, 0.2) is 36.9 Å². The molecule has 2 aliphatic heterocycles. The summed E-state index contributed by atoms with van der Waals surface area (Å²) in [6.07, 6.45) is 9.02. The average Bonchev–Trinajstić information content (AvgIpc) is 3.47. The Morgan fingerprint density at radius 1 is 0.900 bits per heavy atom. The van der Waals surface area contributed by atoms with Gasteiger partial charge in [0, 0.05) is 49.7 Å².